The lowest BCUT2D eigenvalue weighted by Gasteiger charge is -2.07. The van der Waals surface area contributed by atoms with Gasteiger partial charge in [0.1, 0.15) is 0 Å². The third-order valence-electron chi connectivity index (χ3n) is 2.16. The highest BCUT2D eigenvalue weighted by molar-refractivity contribution is 7.89. The molecule has 1 aromatic carbocycles. The third-order valence-corrected chi connectivity index (χ3v) is 3.58. The highest BCUT2D eigenvalue weighted by Gasteiger charge is 2.14. The Bertz CT molecular complexity index is 538. The first-order valence-corrected chi connectivity index (χ1v) is 6.98. The van der Waals surface area contributed by atoms with Crippen LogP contribution in [0.4, 0.5) is 0 Å². The molecule has 6 heteroatoms. The molecular formula is C12H16N2O3S. The van der Waals surface area contributed by atoms with Crippen molar-refractivity contribution in [3.05, 3.63) is 42.5 Å². The maximum absolute atomic E-state index is 11.8. The lowest BCUT2D eigenvalue weighted by Crippen LogP contribution is -2.25. The summed E-state index contributed by atoms with van der Waals surface area (Å²) in [6, 6.07) is 5.88. The minimum absolute atomic E-state index is 0.0631. The third kappa shape index (κ3) is 3.68. The van der Waals surface area contributed by atoms with E-state index in [2.05, 4.69) is 16.6 Å². The van der Waals surface area contributed by atoms with Crippen LogP contribution < -0.4 is 10.0 Å². The molecule has 0 aliphatic heterocycles. The molecule has 0 heterocycles. The fourth-order valence-electron chi connectivity index (χ4n) is 1.32. The summed E-state index contributed by atoms with van der Waals surface area (Å²) in [6.45, 7) is 5.87. The second-order valence-corrected chi connectivity index (χ2v) is 5.29. The van der Waals surface area contributed by atoms with Gasteiger partial charge in [0.2, 0.25) is 10.0 Å². The van der Waals surface area contributed by atoms with Gasteiger partial charge >= 0.3 is 0 Å². The van der Waals surface area contributed by atoms with Crippen molar-refractivity contribution in [2.75, 3.05) is 13.1 Å². The van der Waals surface area contributed by atoms with E-state index in [-0.39, 0.29) is 17.3 Å². The monoisotopic (exact) mass is 268 g/mol. The van der Waals surface area contributed by atoms with Crippen molar-refractivity contribution >= 4 is 15.9 Å². The maximum atomic E-state index is 11.8. The van der Waals surface area contributed by atoms with Gasteiger partial charge in [0.15, 0.2) is 0 Å². The second kappa shape index (κ2) is 6.32. The van der Waals surface area contributed by atoms with E-state index in [9.17, 15) is 13.2 Å². The predicted molar refractivity (Wildman–Crippen MR) is 69.8 cm³/mol. The van der Waals surface area contributed by atoms with Crippen molar-refractivity contribution in [1.29, 1.82) is 0 Å². The first-order chi connectivity index (χ1) is 8.51. The number of hydrogen-bond acceptors (Lipinski definition) is 3. The largest absolute Gasteiger partial charge is 0.352 e. The molecular weight excluding hydrogens is 252 g/mol. The number of hydrogen-bond donors (Lipinski definition) is 2. The highest BCUT2D eigenvalue weighted by Crippen LogP contribution is 2.11. The molecule has 0 saturated carbocycles. The van der Waals surface area contributed by atoms with Crippen molar-refractivity contribution in [1.82, 2.24) is 10.0 Å². The zero-order valence-electron chi connectivity index (χ0n) is 10.1. The quantitative estimate of drug-likeness (QED) is 0.753. The lowest BCUT2D eigenvalue weighted by atomic mass is 10.2. The average molecular weight is 268 g/mol. The normalized spacial score (nSPS) is 10.9. The van der Waals surface area contributed by atoms with E-state index in [1.165, 1.54) is 24.3 Å². The van der Waals surface area contributed by atoms with Crippen LogP contribution in [0.5, 0.6) is 0 Å². The maximum Gasteiger partial charge on any atom is 0.251 e. The Hall–Kier alpha value is -1.66. The van der Waals surface area contributed by atoms with Gasteiger partial charge < -0.3 is 5.32 Å². The molecule has 0 aromatic heterocycles. The molecule has 0 radical (unpaired) electrons. The Balaban J connectivity index is 3.01. The first-order valence-electron chi connectivity index (χ1n) is 5.50. The summed E-state index contributed by atoms with van der Waals surface area (Å²) in [4.78, 5) is 11.7. The van der Waals surface area contributed by atoms with Gasteiger partial charge in [-0.15, -0.1) is 6.58 Å². The van der Waals surface area contributed by atoms with E-state index >= 15 is 0 Å². The van der Waals surface area contributed by atoms with Crippen LogP contribution in [-0.4, -0.2) is 27.4 Å². The summed E-state index contributed by atoms with van der Waals surface area (Å²) >= 11 is 0. The predicted octanol–water partition coefficient (Wildman–Crippen LogP) is 0.901. The van der Waals surface area contributed by atoms with Crippen LogP contribution in [0.25, 0.3) is 0 Å². The summed E-state index contributed by atoms with van der Waals surface area (Å²) in [5.41, 5.74) is 0.318. The first kappa shape index (κ1) is 14.4. The summed E-state index contributed by atoms with van der Waals surface area (Å²) < 4.78 is 26.0. The Morgan fingerprint density at radius 2 is 2.17 bits per heavy atom. The highest BCUT2D eigenvalue weighted by atomic mass is 32.2. The van der Waals surface area contributed by atoms with Crippen LogP contribution in [0, 0.1) is 0 Å². The fourth-order valence-corrected chi connectivity index (χ4v) is 2.36. The van der Waals surface area contributed by atoms with Gasteiger partial charge in [0, 0.05) is 18.7 Å². The number of rotatable bonds is 6. The average Bonchev–Trinajstić information content (AvgIpc) is 2.37. The topological polar surface area (TPSA) is 75.3 Å². The van der Waals surface area contributed by atoms with Crippen LogP contribution in [0.3, 0.4) is 0 Å². The summed E-state index contributed by atoms with van der Waals surface area (Å²) in [6.07, 6.45) is 1.45. The van der Waals surface area contributed by atoms with E-state index in [1.807, 2.05) is 0 Å². The molecule has 0 atom stereocenters. The Morgan fingerprint density at radius 3 is 2.78 bits per heavy atom. The minimum atomic E-state index is -3.59. The summed E-state index contributed by atoms with van der Waals surface area (Å²) in [5, 5.41) is 2.61. The molecule has 1 aromatic rings. The van der Waals surface area contributed by atoms with Crippen molar-refractivity contribution in [2.45, 2.75) is 11.8 Å². The molecule has 0 fully saturated rings. The summed E-state index contributed by atoms with van der Waals surface area (Å²) in [7, 11) is -3.59. The van der Waals surface area contributed by atoms with Gasteiger partial charge in [-0.25, -0.2) is 13.1 Å². The van der Waals surface area contributed by atoms with Crippen molar-refractivity contribution in [3.8, 4) is 0 Å². The zero-order valence-corrected chi connectivity index (χ0v) is 11.0. The van der Waals surface area contributed by atoms with Gasteiger partial charge in [-0.1, -0.05) is 12.1 Å². The SMILES string of the molecule is C=CCNS(=O)(=O)c1cccc(C(=O)NCC)c1. The number of sulfonamides is 1. The number of nitrogens with one attached hydrogen (secondary N) is 2. The van der Waals surface area contributed by atoms with Crippen LogP contribution in [-0.2, 0) is 10.0 Å². The van der Waals surface area contributed by atoms with Gasteiger partial charge in [0.05, 0.1) is 4.90 Å². The smallest absolute Gasteiger partial charge is 0.251 e. The van der Waals surface area contributed by atoms with Gasteiger partial charge in [-0.3, -0.25) is 4.79 Å². The number of amides is 1. The number of carbonyl (C=O) groups is 1. The van der Waals surface area contributed by atoms with Crippen LogP contribution >= 0.6 is 0 Å². The second-order valence-electron chi connectivity index (χ2n) is 3.53. The zero-order chi connectivity index (χ0) is 13.6. The molecule has 0 spiro atoms. The van der Waals surface area contributed by atoms with E-state index < -0.39 is 10.0 Å². The molecule has 1 rings (SSSR count). The molecule has 0 unspecified atom stereocenters. The fraction of sp³-hybridized carbons (Fsp3) is 0.250. The number of benzene rings is 1. The number of carbonyl (C=O) groups excluding carboxylic acids is 1. The molecule has 1 amide bonds. The van der Waals surface area contributed by atoms with Gasteiger partial charge in [-0.2, -0.15) is 0 Å². The molecule has 18 heavy (non-hydrogen) atoms. The summed E-state index contributed by atoms with van der Waals surface area (Å²) in [5.74, 6) is -0.293. The Kier molecular flexibility index (Phi) is 5.06. The van der Waals surface area contributed by atoms with Gasteiger partial charge in [0.25, 0.3) is 5.91 Å². The van der Waals surface area contributed by atoms with Crippen LogP contribution in [0.2, 0.25) is 0 Å². The van der Waals surface area contributed by atoms with E-state index in [0.717, 1.165) is 0 Å². The molecule has 98 valence electrons. The van der Waals surface area contributed by atoms with E-state index in [1.54, 1.807) is 13.0 Å². The van der Waals surface area contributed by atoms with Crippen LogP contribution in [0.1, 0.15) is 17.3 Å². The molecule has 2 N–H and O–H groups in total. The van der Waals surface area contributed by atoms with Crippen molar-refractivity contribution < 1.29 is 13.2 Å². The molecule has 0 saturated heterocycles. The van der Waals surface area contributed by atoms with Crippen LogP contribution in [0.15, 0.2) is 41.8 Å². The lowest BCUT2D eigenvalue weighted by molar-refractivity contribution is 0.0955. The van der Waals surface area contributed by atoms with E-state index in [4.69, 9.17) is 0 Å². The Labute approximate surface area is 107 Å². The van der Waals surface area contributed by atoms with E-state index in [0.29, 0.717) is 12.1 Å². The Morgan fingerprint density at radius 1 is 1.44 bits per heavy atom. The molecule has 0 aliphatic rings. The minimum Gasteiger partial charge on any atom is -0.352 e. The molecule has 0 bridgehead atoms. The van der Waals surface area contributed by atoms with Crippen molar-refractivity contribution in [3.63, 3.8) is 0 Å². The molecule has 5 nitrogen and oxygen atoms in total. The van der Waals surface area contributed by atoms with Crippen molar-refractivity contribution in [2.24, 2.45) is 0 Å². The van der Waals surface area contributed by atoms with Gasteiger partial charge in [-0.05, 0) is 25.1 Å². The molecule has 0 aliphatic carbocycles. The standard InChI is InChI=1S/C12H16N2O3S/c1-3-8-14-18(16,17)11-7-5-6-10(9-11)12(15)13-4-2/h3,5-7,9,14H,1,4,8H2,2H3,(H,13,15).